The van der Waals surface area contributed by atoms with E-state index in [1.165, 1.54) is 5.56 Å². The van der Waals surface area contributed by atoms with Gasteiger partial charge in [0.1, 0.15) is 5.01 Å². The average molecular weight is 244 g/mol. The van der Waals surface area contributed by atoms with Crippen molar-refractivity contribution < 1.29 is 4.79 Å². The van der Waals surface area contributed by atoms with Crippen LogP contribution in [-0.4, -0.2) is 10.9 Å². The summed E-state index contributed by atoms with van der Waals surface area (Å²) in [5.41, 5.74) is 4.34. The number of thiazole rings is 1. The molecule has 0 fully saturated rings. The fourth-order valence-corrected chi connectivity index (χ4v) is 2.80. The highest BCUT2D eigenvalue weighted by Gasteiger charge is 2.15. The lowest BCUT2D eigenvalue weighted by molar-refractivity contribution is -0.116. The van der Waals surface area contributed by atoms with Crippen LogP contribution in [0.4, 0.5) is 5.69 Å². The fraction of sp³-hybridized carbons (Fsp3) is 0.231. The molecule has 1 amide bonds. The van der Waals surface area contributed by atoms with E-state index in [-0.39, 0.29) is 5.91 Å². The van der Waals surface area contributed by atoms with Crippen LogP contribution in [0, 0.1) is 6.92 Å². The second-order valence-electron chi connectivity index (χ2n) is 4.21. The first-order chi connectivity index (χ1) is 8.22. The van der Waals surface area contributed by atoms with Gasteiger partial charge < -0.3 is 5.32 Å². The Kier molecular flexibility index (Phi) is 2.44. The molecular weight excluding hydrogens is 232 g/mol. The predicted octanol–water partition coefficient (Wildman–Crippen LogP) is 3.00. The lowest BCUT2D eigenvalue weighted by atomic mass is 10.0. The van der Waals surface area contributed by atoms with Crippen LogP contribution in [0.1, 0.15) is 17.7 Å². The second-order valence-corrected chi connectivity index (χ2v) is 5.07. The van der Waals surface area contributed by atoms with Crippen LogP contribution < -0.4 is 5.32 Å². The highest BCUT2D eigenvalue weighted by Crippen LogP contribution is 2.30. The molecule has 0 bridgehead atoms. The normalized spacial score (nSPS) is 14.3. The quantitative estimate of drug-likeness (QED) is 0.838. The molecule has 0 unspecified atom stereocenters. The van der Waals surface area contributed by atoms with E-state index in [1.807, 2.05) is 19.1 Å². The number of hydrogen-bond donors (Lipinski definition) is 1. The van der Waals surface area contributed by atoms with Crippen LogP contribution in [-0.2, 0) is 11.2 Å². The number of fused-ring (bicyclic) bond motifs is 1. The monoisotopic (exact) mass is 244 g/mol. The Morgan fingerprint density at radius 1 is 1.35 bits per heavy atom. The Morgan fingerprint density at radius 2 is 2.24 bits per heavy atom. The Morgan fingerprint density at radius 3 is 3.00 bits per heavy atom. The molecule has 1 aliphatic rings. The molecule has 4 heteroatoms. The molecule has 0 saturated heterocycles. The summed E-state index contributed by atoms with van der Waals surface area (Å²) >= 11 is 1.66. The molecule has 1 aromatic heterocycles. The molecule has 1 aromatic carbocycles. The number of aromatic nitrogens is 1. The van der Waals surface area contributed by atoms with Gasteiger partial charge in [-0.1, -0.05) is 0 Å². The maximum absolute atomic E-state index is 11.3. The first-order valence-corrected chi connectivity index (χ1v) is 6.45. The van der Waals surface area contributed by atoms with Crippen LogP contribution in [0.25, 0.3) is 10.6 Å². The van der Waals surface area contributed by atoms with Gasteiger partial charge in [-0.05, 0) is 37.1 Å². The van der Waals surface area contributed by atoms with Gasteiger partial charge in [-0.2, -0.15) is 0 Å². The standard InChI is InChI=1S/C13H12N2OS/c1-8-7-17-13(14-8)10-2-4-11-9(6-10)3-5-12(16)15-11/h2,4,6-7H,3,5H2,1H3,(H,15,16). The molecule has 3 nitrogen and oxygen atoms in total. The third-order valence-electron chi connectivity index (χ3n) is 2.87. The summed E-state index contributed by atoms with van der Waals surface area (Å²) in [4.78, 5) is 15.7. The van der Waals surface area contributed by atoms with Gasteiger partial charge in [0.15, 0.2) is 0 Å². The molecule has 0 atom stereocenters. The Balaban J connectivity index is 2.01. The van der Waals surface area contributed by atoms with Gasteiger partial charge >= 0.3 is 0 Å². The predicted molar refractivity (Wildman–Crippen MR) is 69.2 cm³/mol. The molecule has 2 aromatic rings. The maximum Gasteiger partial charge on any atom is 0.224 e. The molecule has 1 aliphatic heterocycles. The first-order valence-electron chi connectivity index (χ1n) is 5.57. The molecule has 0 radical (unpaired) electrons. The maximum atomic E-state index is 11.3. The van der Waals surface area contributed by atoms with Crippen molar-refractivity contribution in [2.24, 2.45) is 0 Å². The van der Waals surface area contributed by atoms with Crippen molar-refractivity contribution in [1.29, 1.82) is 0 Å². The van der Waals surface area contributed by atoms with Gasteiger partial charge in [0, 0.05) is 28.7 Å². The Labute approximate surface area is 104 Å². The lowest BCUT2D eigenvalue weighted by Gasteiger charge is -2.17. The number of aryl methyl sites for hydroxylation is 2. The van der Waals surface area contributed by atoms with Gasteiger partial charge in [-0.15, -0.1) is 11.3 Å². The minimum absolute atomic E-state index is 0.107. The van der Waals surface area contributed by atoms with E-state index in [9.17, 15) is 4.79 Å². The summed E-state index contributed by atoms with van der Waals surface area (Å²) in [5.74, 6) is 0.107. The van der Waals surface area contributed by atoms with Crippen molar-refractivity contribution in [3.05, 3.63) is 34.8 Å². The molecule has 0 aliphatic carbocycles. The van der Waals surface area contributed by atoms with Crippen molar-refractivity contribution in [1.82, 2.24) is 4.98 Å². The van der Waals surface area contributed by atoms with Crippen molar-refractivity contribution >= 4 is 22.9 Å². The summed E-state index contributed by atoms with van der Waals surface area (Å²) in [5, 5.41) is 5.98. The van der Waals surface area contributed by atoms with E-state index >= 15 is 0 Å². The Bertz CT molecular complexity index is 589. The van der Waals surface area contributed by atoms with Gasteiger partial charge in [-0.25, -0.2) is 4.98 Å². The second kappa shape index (κ2) is 3.96. The minimum atomic E-state index is 0.107. The zero-order chi connectivity index (χ0) is 11.8. The van der Waals surface area contributed by atoms with Crippen LogP contribution in [0.3, 0.4) is 0 Å². The van der Waals surface area contributed by atoms with E-state index in [0.717, 1.165) is 28.4 Å². The number of carbonyl (C=O) groups is 1. The minimum Gasteiger partial charge on any atom is -0.326 e. The number of anilines is 1. The molecular formula is C13H12N2OS. The summed E-state index contributed by atoms with van der Waals surface area (Å²) in [6.45, 7) is 2.00. The number of hydrogen-bond acceptors (Lipinski definition) is 3. The number of amides is 1. The van der Waals surface area contributed by atoms with E-state index in [1.54, 1.807) is 11.3 Å². The SMILES string of the molecule is Cc1csc(-c2ccc3c(c2)CCC(=O)N3)n1. The molecule has 0 spiro atoms. The van der Waals surface area contributed by atoms with Crippen LogP contribution in [0.2, 0.25) is 0 Å². The molecule has 17 heavy (non-hydrogen) atoms. The van der Waals surface area contributed by atoms with Gasteiger partial charge in [-0.3, -0.25) is 4.79 Å². The van der Waals surface area contributed by atoms with E-state index in [2.05, 4.69) is 21.7 Å². The Hall–Kier alpha value is -1.68. The van der Waals surface area contributed by atoms with Gasteiger partial charge in [0.05, 0.1) is 0 Å². The number of carbonyl (C=O) groups excluding carboxylic acids is 1. The molecule has 86 valence electrons. The summed E-state index contributed by atoms with van der Waals surface area (Å²) in [6, 6.07) is 6.12. The lowest BCUT2D eigenvalue weighted by Crippen LogP contribution is -2.18. The van der Waals surface area contributed by atoms with E-state index < -0.39 is 0 Å². The summed E-state index contributed by atoms with van der Waals surface area (Å²) < 4.78 is 0. The fourth-order valence-electron chi connectivity index (χ4n) is 2.00. The highest BCUT2D eigenvalue weighted by atomic mass is 32.1. The molecule has 2 heterocycles. The smallest absolute Gasteiger partial charge is 0.224 e. The molecule has 3 rings (SSSR count). The van der Waals surface area contributed by atoms with E-state index in [4.69, 9.17) is 0 Å². The van der Waals surface area contributed by atoms with Crippen molar-refractivity contribution in [3.63, 3.8) is 0 Å². The highest BCUT2D eigenvalue weighted by molar-refractivity contribution is 7.13. The average Bonchev–Trinajstić information content (AvgIpc) is 2.75. The van der Waals surface area contributed by atoms with E-state index in [0.29, 0.717) is 6.42 Å². The third-order valence-corrected chi connectivity index (χ3v) is 3.88. The number of nitrogens with zero attached hydrogens (tertiary/aromatic N) is 1. The first kappa shape index (κ1) is 10.5. The zero-order valence-electron chi connectivity index (χ0n) is 9.49. The van der Waals surface area contributed by atoms with Crippen molar-refractivity contribution in [2.45, 2.75) is 19.8 Å². The molecule has 0 saturated carbocycles. The third kappa shape index (κ3) is 1.96. The largest absolute Gasteiger partial charge is 0.326 e. The zero-order valence-corrected chi connectivity index (χ0v) is 10.3. The number of benzene rings is 1. The summed E-state index contributed by atoms with van der Waals surface area (Å²) in [7, 11) is 0. The molecule has 1 N–H and O–H groups in total. The van der Waals surface area contributed by atoms with Crippen LogP contribution >= 0.6 is 11.3 Å². The van der Waals surface area contributed by atoms with Crippen molar-refractivity contribution in [3.8, 4) is 10.6 Å². The van der Waals surface area contributed by atoms with Crippen molar-refractivity contribution in [2.75, 3.05) is 5.32 Å². The van der Waals surface area contributed by atoms with Gasteiger partial charge in [0.25, 0.3) is 0 Å². The number of rotatable bonds is 1. The summed E-state index contributed by atoms with van der Waals surface area (Å²) in [6.07, 6.45) is 1.40. The topological polar surface area (TPSA) is 42.0 Å². The van der Waals surface area contributed by atoms with Crippen LogP contribution in [0.15, 0.2) is 23.6 Å². The number of nitrogens with one attached hydrogen (secondary N) is 1. The van der Waals surface area contributed by atoms with Gasteiger partial charge in [0.2, 0.25) is 5.91 Å². The van der Waals surface area contributed by atoms with Crippen LogP contribution in [0.5, 0.6) is 0 Å².